The van der Waals surface area contributed by atoms with Crippen molar-refractivity contribution in [1.29, 1.82) is 0 Å². The summed E-state index contributed by atoms with van der Waals surface area (Å²) in [5.41, 5.74) is 0. The Morgan fingerprint density at radius 2 is 0.629 bits per heavy atom. The largest absolute Gasteiger partial charge is 0.462 e. The van der Waals surface area contributed by atoms with E-state index in [4.69, 9.17) is 14.2 Å². The van der Waals surface area contributed by atoms with E-state index in [-0.39, 0.29) is 31.1 Å². The number of ether oxygens (including phenoxy) is 3. The Balaban J connectivity index is 4.33. The van der Waals surface area contributed by atoms with Gasteiger partial charge >= 0.3 is 17.9 Å². The molecule has 0 bridgehead atoms. The predicted molar refractivity (Wildman–Crippen MR) is 266 cm³/mol. The molecule has 1 atom stereocenters. The standard InChI is InChI=1S/C56H102O6/c1-4-7-10-13-16-19-22-25-27-28-29-32-34-37-40-43-46-49-55(58)61-52-53(51-60-54(57)48-45-42-39-36-33-30-24-21-18-15-12-9-6-3)62-56(59)50-47-44-41-38-35-31-26-23-20-17-14-11-8-5-2/h9,12,15,18,21,24,53H,4-8,10-11,13-14,16-17,19-20,22-23,25-52H2,1-3H3/b12-9-,18-15-,24-21-. The highest BCUT2D eigenvalue weighted by molar-refractivity contribution is 5.71. The molecule has 0 aliphatic rings. The molecule has 0 heterocycles. The van der Waals surface area contributed by atoms with Gasteiger partial charge in [-0.15, -0.1) is 0 Å². The first kappa shape index (κ1) is 59.6. The zero-order valence-corrected chi connectivity index (χ0v) is 41.4. The molecular formula is C56H102O6. The van der Waals surface area contributed by atoms with Gasteiger partial charge in [0.15, 0.2) is 6.10 Å². The van der Waals surface area contributed by atoms with Gasteiger partial charge in [0.05, 0.1) is 0 Å². The SMILES string of the molecule is CC\C=C/C=C\C=C/CCCCCCCC(=O)OCC(COC(=O)CCCCCCCCCCCCCCCCCCC)OC(=O)CCCCCCCCCCCCCCCC. The summed E-state index contributed by atoms with van der Waals surface area (Å²) in [6, 6.07) is 0. The van der Waals surface area contributed by atoms with E-state index < -0.39 is 6.10 Å². The topological polar surface area (TPSA) is 78.9 Å². The molecule has 0 aliphatic carbocycles. The Morgan fingerprint density at radius 3 is 0.968 bits per heavy atom. The molecule has 0 spiro atoms. The van der Waals surface area contributed by atoms with Gasteiger partial charge in [-0.05, 0) is 38.5 Å². The summed E-state index contributed by atoms with van der Waals surface area (Å²) in [6.07, 6.45) is 59.9. The van der Waals surface area contributed by atoms with E-state index in [9.17, 15) is 14.4 Å². The summed E-state index contributed by atoms with van der Waals surface area (Å²) in [7, 11) is 0. The van der Waals surface area contributed by atoms with E-state index >= 15 is 0 Å². The molecule has 1 unspecified atom stereocenters. The second-order valence-corrected chi connectivity index (χ2v) is 18.2. The summed E-state index contributed by atoms with van der Waals surface area (Å²) >= 11 is 0. The Kier molecular flexibility index (Phi) is 49.3. The minimum atomic E-state index is -0.775. The molecule has 0 aliphatic heterocycles. The van der Waals surface area contributed by atoms with Crippen molar-refractivity contribution < 1.29 is 28.6 Å². The van der Waals surface area contributed by atoms with Crippen LogP contribution in [0.4, 0.5) is 0 Å². The van der Waals surface area contributed by atoms with Gasteiger partial charge in [0.25, 0.3) is 0 Å². The van der Waals surface area contributed by atoms with E-state index in [1.807, 2.05) is 0 Å². The van der Waals surface area contributed by atoms with Gasteiger partial charge in [0.2, 0.25) is 0 Å². The molecular weight excluding hydrogens is 769 g/mol. The molecule has 0 saturated heterocycles. The van der Waals surface area contributed by atoms with Crippen LogP contribution < -0.4 is 0 Å². The van der Waals surface area contributed by atoms with Crippen LogP contribution in [0.3, 0.4) is 0 Å². The highest BCUT2D eigenvalue weighted by atomic mass is 16.6. The third kappa shape index (κ3) is 48.7. The average molecular weight is 871 g/mol. The van der Waals surface area contributed by atoms with Crippen LogP contribution in [0.15, 0.2) is 36.5 Å². The van der Waals surface area contributed by atoms with E-state index in [1.165, 1.54) is 161 Å². The summed E-state index contributed by atoms with van der Waals surface area (Å²) in [5, 5.41) is 0. The zero-order chi connectivity index (χ0) is 45.1. The molecule has 0 saturated carbocycles. The molecule has 0 amide bonds. The van der Waals surface area contributed by atoms with Crippen molar-refractivity contribution >= 4 is 17.9 Å². The smallest absolute Gasteiger partial charge is 0.306 e. The van der Waals surface area contributed by atoms with Gasteiger partial charge in [-0.25, -0.2) is 0 Å². The second kappa shape index (κ2) is 51.3. The van der Waals surface area contributed by atoms with Crippen LogP contribution in [0.1, 0.15) is 284 Å². The highest BCUT2D eigenvalue weighted by Crippen LogP contribution is 2.17. The monoisotopic (exact) mass is 871 g/mol. The lowest BCUT2D eigenvalue weighted by atomic mass is 10.0. The molecule has 0 fully saturated rings. The zero-order valence-electron chi connectivity index (χ0n) is 41.4. The fraction of sp³-hybridized carbons (Fsp3) is 0.839. The lowest BCUT2D eigenvalue weighted by Crippen LogP contribution is -2.30. The average Bonchev–Trinajstić information content (AvgIpc) is 3.27. The van der Waals surface area contributed by atoms with Crippen LogP contribution in [0.5, 0.6) is 0 Å². The van der Waals surface area contributed by atoms with E-state index in [2.05, 4.69) is 57.2 Å². The Labute approximate surface area is 385 Å². The number of esters is 3. The van der Waals surface area contributed by atoms with Crippen molar-refractivity contribution in [3.63, 3.8) is 0 Å². The fourth-order valence-electron chi connectivity index (χ4n) is 7.91. The molecule has 0 rings (SSSR count). The van der Waals surface area contributed by atoms with Crippen molar-refractivity contribution in [3.8, 4) is 0 Å². The lowest BCUT2D eigenvalue weighted by molar-refractivity contribution is -0.167. The Bertz CT molecular complexity index is 1050. The van der Waals surface area contributed by atoms with Gasteiger partial charge in [-0.3, -0.25) is 14.4 Å². The van der Waals surface area contributed by atoms with Crippen molar-refractivity contribution in [2.75, 3.05) is 13.2 Å². The molecule has 362 valence electrons. The van der Waals surface area contributed by atoms with Crippen molar-refractivity contribution in [2.45, 2.75) is 290 Å². The van der Waals surface area contributed by atoms with Crippen LogP contribution in [0, 0.1) is 0 Å². The molecule has 6 heteroatoms. The van der Waals surface area contributed by atoms with Crippen LogP contribution in [0.2, 0.25) is 0 Å². The van der Waals surface area contributed by atoms with Crippen molar-refractivity contribution in [2.24, 2.45) is 0 Å². The van der Waals surface area contributed by atoms with Gasteiger partial charge in [0.1, 0.15) is 13.2 Å². The van der Waals surface area contributed by atoms with Crippen LogP contribution in [-0.2, 0) is 28.6 Å². The van der Waals surface area contributed by atoms with Crippen LogP contribution in [0.25, 0.3) is 0 Å². The van der Waals surface area contributed by atoms with Crippen molar-refractivity contribution in [1.82, 2.24) is 0 Å². The summed E-state index contributed by atoms with van der Waals surface area (Å²) in [6.45, 7) is 6.52. The molecule has 0 aromatic carbocycles. The molecule has 0 aromatic heterocycles. The van der Waals surface area contributed by atoms with Gasteiger partial charge in [0, 0.05) is 19.3 Å². The Morgan fingerprint density at radius 1 is 0.339 bits per heavy atom. The second-order valence-electron chi connectivity index (χ2n) is 18.2. The summed E-state index contributed by atoms with van der Waals surface area (Å²) in [5.74, 6) is -0.880. The van der Waals surface area contributed by atoms with E-state index in [0.29, 0.717) is 19.3 Å². The summed E-state index contributed by atoms with van der Waals surface area (Å²) < 4.78 is 16.8. The van der Waals surface area contributed by atoms with Crippen molar-refractivity contribution in [3.05, 3.63) is 36.5 Å². The third-order valence-corrected chi connectivity index (χ3v) is 12.0. The number of unbranched alkanes of at least 4 members (excludes halogenated alkanes) is 34. The van der Waals surface area contributed by atoms with E-state index in [1.54, 1.807) is 0 Å². The minimum Gasteiger partial charge on any atom is -0.462 e. The fourth-order valence-corrected chi connectivity index (χ4v) is 7.91. The number of hydrogen-bond acceptors (Lipinski definition) is 6. The van der Waals surface area contributed by atoms with E-state index in [0.717, 1.165) is 83.5 Å². The quantitative estimate of drug-likeness (QED) is 0.0262. The van der Waals surface area contributed by atoms with Gasteiger partial charge < -0.3 is 14.2 Å². The Hall–Kier alpha value is -2.37. The molecule has 62 heavy (non-hydrogen) atoms. The maximum atomic E-state index is 12.8. The first-order chi connectivity index (χ1) is 30.5. The minimum absolute atomic E-state index is 0.0742. The third-order valence-electron chi connectivity index (χ3n) is 12.0. The molecule has 0 N–H and O–H groups in total. The normalized spacial score (nSPS) is 12.2. The number of rotatable bonds is 49. The van der Waals surface area contributed by atoms with Crippen LogP contribution >= 0.6 is 0 Å². The first-order valence-electron chi connectivity index (χ1n) is 27.0. The predicted octanol–water partition coefficient (Wildman–Crippen LogP) is 17.7. The summed E-state index contributed by atoms with van der Waals surface area (Å²) in [4.78, 5) is 38.0. The molecule has 0 aromatic rings. The number of carbonyl (C=O) groups excluding carboxylic acids is 3. The first-order valence-corrected chi connectivity index (χ1v) is 27.0. The molecule has 6 nitrogen and oxygen atoms in total. The van der Waals surface area contributed by atoms with Crippen LogP contribution in [-0.4, -0.2) is 37.2 Å². The highest BCUT2D eigenvalue weighted by Gasteiger charge is 2.19. The lowest BCUT2D eigenvalue weighted by Gasteiger charge is -2.18. The maximum absolute atomic E-state index is 12.8. The van der Waals surface area contributed by atoms with Gasteiger partial charge in [-0.2, -0.15) is 0 Å². The van der Waals surface area contributed by atoms with Gasteiger partial charge in [-0.1, -0.05) is 263 Å². The number of allylic oxidation sites excluding steroid dienone is 6. The maximum Gasteiger partial charge on any atom is 0.306 e. The number of carbonyl (C=O) groups is 3. The number of hydrogen-bond donors (Lipinski definition) is 0. The molecule has 0 radical (unpaired) electrons.